The molecule has 7 nitrogen and oxygen atoms in total. The zero-order chi connectivity index (χ0) is 16.0. The minimum Gasteiger partial charge on any atom is -0.452 e. The molecule has 0 saturated carbocycles. The van der Waals surface area contributed by atoms with Gasteiger partial charge < -0.3 is 10.1 Å². The normalized spacial score (nSPS) is 11.6. The number of nitrogens with one attached hydrogen (secondary N) is 1. The smallest absolute Gasteiger partial charge is 0.338 e. The molecule has 1 aromatic carbocycles. The number of hydrogen-bond donors (Lipinski definition) is 1. The first-order valence-electron chi connectivity index (χ1n) is 6.25. The Morgan fingerprint density at radius 3 is 2.71 bits per heavy atom. The molecule has 1 N–H and O–H groups in total. The summed E-state index contributed by atoms with van der Waals surface area (Å²) in [7, 11) is 0. The van der Waals surface area contributed by atoms with E-state index in [0.29, 0.717) is 0 Å². The fourth-order valence-electron chi connectivity index (χ4n) is 1.41. The molecule has 1 rings (SSSR count). The molecule has 0 unspecified atom stereocenters. The number of esters is 1. The van der Waals surface area contributed by atoms with Crippen molar-refractivity contribution in [3.05, 3.63) is 38.9 Å². The molecule has 0 aliphatic heterocycles. The van der Waals surface area contributed by atoms with Gasteiger partial charge in [0, 0.05) is 12.1 Å². The monoisotopic (exact) mass is 314 g/mol. The van der Waals surface area contributed by atoms with E-state index in [2.05, 4.69) is 5.32 Å². The van der Waals surface area contributed by atoms with Gasteiger partial charge in [0.1, 0.15) is 5.02 Å². The summed E-state index contributed by atoms with van der Waals surface area (Å²) in [5.41, 5.74) is -0.433. The lowest BCUT2D eigenvalue weighted by Gasteiger charge is -2.11. The lowest BCUT2D eigenvalue weighted by molar-refractivity contribution is -0.384. The molecule has 0 saturated heterocycles. The van der Waals surface area contributed by atoms with Gasteiger partial charge in [0.05, 0.1) is 10.5 Å². The van der Waals surface area contributed by atoms with Gasteiger partial charge in [-0.15, -0.1) is 0 Å². The molecule has 21 heavy (non-hydrogen) atoms. The van der Waals surface area contributed by atoms with E-state index < -0.39 is 29.1 Å². The highest BCUT2D eigenvalue weighted by atomic mass is 35.5. The largest absolute Gasteiger partial charge is 0.452 e. The van der Waals surface area contributed by atoms with Crippen molar-refractivity contribution in [3.8, 4) is 0 Å². The van der Waals surface area contributed by atoms with Gasteiger partial charge in [-0.05, 0) is 25.5 Å². The third kappa shape index (κ3) is 5.03. The van der Waals surface area contributed by atoms with E-state index in [0.717, 1.165) is 12.5 Å². The Labute approximate surface area is 126 Å². The average Bonchev–Trinajstić information content (AvgIpc) is 2.44. The summed E-state index contributed by atoms with van der Waals surface area (Å²) in [6.45, 7) is 3.28. The van der Waals surface area contributed by atoms with Crippen molar-refractivity contribution in [1.29, 1.82) is 0 Å². The molecule has 0 heterocycles. The van der Waals surface area contributed by atoms with Gasteiger partial charge in [0.15, 0.2) is 6.61 Å². The number of carbonyl (C=O) groups excluding carboxylic acids is 2. The third-order valence-electron chi connectivity index (χ3n) is 2.73. The van der Waals surface area contributed by atoms with Crippen LogP contribution in [0.15, 0.2) is 18.2 Å². The first-order chi connectivity index (χ1) is 9.85. The second kappa shape index (κ2) is 7.58. The van der Waals surface area contributed by atoms with Crippen LogP contribution in [-0.2, 0) is 9.53 Å². The van der Waals surface area contributed by atoms with Crippen molar-refractivity contribution >= 4 is 29.2 Å². The minimum atomic E-state index is -0.825. The fourth-order valence-corrected chi connectivity index (χ4v) is 1.60. The molecule has 8 heteroatoms. The molecule has 1 amide bonds. The topological polar surface area (TPSA) is 98.5 Å². The van der Waals surface area contributed by atoms with Crippen molar-refractivity contribution in [2.75, 3.05) is 6.61 Å². The van der Waals surface area contributed by atoms with Crippen LogP contribution in [0.1, 0.15) is 30.6 Å². The van der Waals surface area contributed by atoms with Crippen LogP contribution in [0.25, 0.3) is 0 Å². The number of halogens is 1. The SMILES string of the molecule is CC[C@@H](C)NC(=O)COC(=O)c1ccc(Cl)c([N+](=O)[O-])c1. The summed E-state index contributed by atoms with van der Waals surface area (Å²) in [6.07, 6.45) is 0.753. The molecule has 0 radical (unpaired) electrons. The van der Waals surface area contributed by atoms with Crippen LogP contribution in [0.3, 0.4) is 0 Å². The quantitative estimate of drug-likeness (QED) is 0.493. The molecule has 0 fully saturated rings. The summed E-state index contributed by atoms with van der Waals surface area (Å²) in [6, 6.07) is 3.52. The molecule has 0 bridgehead atoms. The van der Waals surface area contributed by atoms with Gasteiger partial charge in [-0.3, -0.25) is 14.9 Å². The Morgan fingerprint density at radius 1 is 1.48 bits per heavy atom. The Morgan fingerprint density at radius 2 is 2.14 bits per heavy atom. The summed E-state index contributed by atoms with van der Waals surface area (Å²) >= 11 is 5.64. The summed E-state index contributed by atoms with van der Waals surface area (Å²) in [5, 5.41) is 13.3. The van der Waals surface area contributed by atoms with Crippen LogP contribution in [-0.4, -0.2) is 29.4 Å². The van der Waals surface area contributed by atoms with Crippen LogP contribution >= 0.6 is 11.6 Å². The highest BCUT2D eigenvalue weighted by molar-refractivity contribution is 6.32. The van der Waals surface area contributed by atoms with Crippen molar-refractivity contribution in [2.24, 2.45) is 0 Å². The predicted octanol–water partition coefficient (Wildman–Crippen LogP) is 2.32. The molecular formula is C13H15ClN2O5. The van der Waals surface area contributed by atoms with Crippen molar-refractivity contribution in [2.45, 2.75) is 26.3 Å². The first-order valence-corrected chi connectivity index (χ1v) is 6.63. The van der Waals surface area contributed by atoms with Crippen LogP contribution in [0.5, 0.6) is 0 Å². The van der Waals surface area contributed by atoms with Crippen molar-refractivity contribution < 1.29 is 19.2 Å². The van der Waals surface area contributed by atoms with Crippen molar-refractivity contribution in [3.63, 3.8) is 0 Å². The van der Waals surface area contributed by atoms with Crippen LogP contribution < -0.4 is 5.32 Å². The van der Waals surface area contributed by atoms with E-state index >= 15 is 0 Å². The number of carbonyl (C=O) groups is 2. The lowest BCUT2D eigenvalue weighted by Crippen LogP contribution is -2.35. The number of amides is 1. The maximum Gasteiger partial charge on any atom is 0.338 e. The maximum atomic E-state index is 11.7. The highest BCUT2D eigenvalue weighted by Gasteiger charge is 2.18. The number of nitro benzene ring substituents is 1. The Hall–Kier alpha value is -2.15. The van der Waals surface area contributed by atoms with Crippen LogP contribution in [0.4, 0.5) is 5.69 Å². The average molecular weight is 315 g/mol. The third-order valence-corrected chi connectivity index (χ3v) is 3.05. The second-order valence-corrected chi connectivity index (χ2v) is 4.78. The maximum absolute atomic E-state index is 11.7. The van der Waals surface area contributed by atoms with Gasteiger partial charge in [-0.1, -0.05) is 18.5 Å². The minimum absolute atomic E-state index is 0.0205. The zero-order valence-electron chi connectivity index (χ0n) is 11.6. The van der Waals surface area contributed by atoms with E-state index in [1.54, 1.807) is 0 Å². The first kappa shape index (κ1) is 16.9. The number of rotatable bonds is 6. The number of ether oxygens (including phenoxy) is 1. The number of hydrogen-bond acceptors (Lipinski definition) is 5. The number of nitrogens with zero attached hydrogens (tertiary/aromatic N) is 1. The van der Waals surface area contributed by atoms with E-state index in [1.807, 2.05) is 13.8 Å². The van der Waals surface area contributed by atoms with Gasteiger partial charge in [-0.25, -0.2) is 4.79 Å². The Balaban J connectivity index is 2.66. The Kier molecular flexibility index (Phi) is 6.10. The zero-order valence-corrected chi connectivity index (χ0v) is 12.3. The highest BCUT2D eigenvalue weighted by Crippen LogP contribution is 2.25. The molecule has 0 aliphatic carbocycles. The van der Waals surface area contributed by atoms with E-state index in [4.69, 9.17) is 16.3 Å². The molecule has 1 atom stereocenters. The Bertz CT molecular complexity index is 561. The second-order valence-electron chi connectivity index (χ2n) is 4.38. The van der Waals surface area contributed by atoms with E-state index in [1.165, 1.54) is 12.1 Å². The van der Waals surface area contributed by atoms with Crippen molar-refractivity contribution in [1.82, 2.24) is 5.32 Å². The van der Waals surface area contributed by atoms with E-state index in [-0.39, 0.29) is 16.6 Å². The summed E-state index contributed by atoms with van der Waals surface area (Å²) in [4.78, 5) is 33.2. The van der Waals surface area contributed by atoms with Crippen LogP contribution in [0, 0.1) is 10.1 Å². The summed E-state index contributed by atoms with van der Waals surface area (Å²) < 4.78 is 4.79. The summed E-state index contributed by atoms with van der Waals surface area (Å²) in [5.74, 6) is -1.25. The molecule has 0 aromatic heterocycles. The van der Waals surface area contributed by atoms with Gasteiger partial charge >= 0.3 is 5.97 Å². The fraction of sp³-hybridized carbons (Fsp3) is 0.385. The molecule has 1 aromatic rings. The van der Waals surface area contributed by atoms with E-state index in [9.17, 15) is 19.7 Å². The predicted molar refractivity (Wildman–Crippen MR) is 76.3 cm³/mol. The standard InChI is InChI=1S/C13H15ClN2O5/c1-3-8(2)15-12(17)7-21-13(18)9-4-5-10(14)11(6-9)16(19)20/h4-6,8H,3,7H2,1-2H3,(H,15,17)/t8-/m1/s1. The van der Waals surface area contributed by atoms with Gasteiger partial charge in [0.2, 0.25) is 0 Å². The number of nitro groups is 1. The molecule has 0 aliphatic rings. The molecule has 0 spiro atoms. The van der Waals surface area contributed by atoms with Gasteiger partial charge in [-0.2, -0.15) is 0 Å². The molecular weight excluding hydrogens is 300 g/mol. The van der Waals surface area contributed by atoms with Crippen LogP contribution in [0.2, 0.25) is 5.02 Å². The number of benzene rings is 1. The lowest BCUT2D eigenvalue weighted by atomic mass is 10.2. The van der Waals surface area contributed by atoms with Gasteiger partial charge in [0.25, 0.3) is 11.6 Å². The molecule has 114 valence electrons.